The number of aromatic nitrogens is 4. The Kier molecular flexibility index (Phi) is 3.49. The zero-order valence-electron chi connectivity index (χ0n) is 12.7. The van der Waals surface area contributed by atoms with Crippen molar-refractivity contribution in [2.45, 2.75) is 32.0 Å². The summed E-state index contributed by atoms with van der Waals surface area (Å²) in [6.07, 6.45) is 3.88. The monoisotopic (exact) mass is 307 g/mol. The average molecular weight is 307 g/mol. The van der Waals surface area contributed by atoms with Crippen molar-refractivity contribution in [2.75, 3.05) is 0 Å². The van der Waals surface area contributed by atoms with Gasteiger partial charge in [0.15, 0.2) is 0 Å². The minimum Gasteiger partial charge on any atom is -0.332 e. The van der Waals surface area contributed by atoms with E-state index < -0.39 is 0 Å². The number of benzene rings is 1. The molecule has 2 heterocycles. The summed E-state index contributed by atoms with van der Waals surface area (Å²) in [5.41, 5.74) is 2.53. The van der Waals surface area contributed by atoms with Crippen LogP contribution in [0.3, 0.4) is 0 Å². The number of pyridine rings is 1. The molecule has 0 atom stereocenters. The van der Waals surface area contributed by atoms with Crippen LogP contribution >= 0.6 is 0 Å². The summed E-state index contributed by atoms with van der Waals surface area (Å²) in [6, 6.07) is 13.7. The smallest absolute Gasteiger partial charge is 0.246 e. The molecule has 1 amide bonds. The Morgan fingerprint density at radius 2 is 1.78 bits per heavy atom. The number of hydrogen-bond donors (Lipinski definition) is 0. The number of fused-ring (bicyclic) bond motifs is 1. The third-order valence-electron chi connectivity index (χ3n) is 3.97. The zero-order chi connectivity index (χ0) is 15.6. The van der Waals surface area contributed by atoms with E-state index in [0.717, 1.165) is 29.6 Å². The Hall–Kier alpha value is -2.76. The van der Waals surface area contributed by atoms with Crippen LogP contribution < -0.4 is 0 Å². The van der Waals surface area contributed by atoms with Crippen molar-refractivity contribution in [1.29, 1.82) is 0 Å². The molecule has 23 heavy (non-hydrogen) atoms. The highest BCUT2D eigenvalue weighted by atomic mass is 16.2. The van der Waals surface area contributed by atoms with E-state index in [0.29, 0.717) is 12.6 Å². The molecule has 0 aliphatic heterocycles. The molecule has 1 aliphatic rings. The molecule has 1 saturated carbocycles. The van der Waals surface area contributed by atoms with Gasteiger partial charge in [-0.2, -0.15) is 15.0 Å². The van der Waals surface area contributed by atoms with E-state index in [9.17, 15) is 4.79 Å². The number of amides is 1. The van der Waals surface area contributed by atoms with Gasteiger partial charge in [-0.1, -0.05) is 18.2 Å². The fourth-order valence-corrected chi connectivity index (χ4v) is 2.66. The summed E-state index contributed by atoms with van der Waals surface area (Å²) in [7, 11) is 0. The van der Waals surface area contributed by atoms with Crippen LogP contribution in [0, 0.1) is 0 Å². The molecule has 0 bridgehead atoms. The van der Waals surface area contributed by atoms with Gasteiger partial charge < -0.3 is 4.90 Å². The van der Waals surface area contributed by atoms with Gasteiger partial charge in [0, 0.05) is 12.2 Å². The molecule has 4 rings (SSSR count). The lowest BCUT2D eigenvalue weighted by Gasteiger charge is -2.21. The average Bonchev–Trinajstić information content (AvgIpc) is 3.33. The van der Waals surface area contributed by atoms with Crippen molar-refractivity contribution in [3.05, 3.63) is 54.4 Å². The molecule has 3 aromatic rings. The standard InChI is InChI=1S/C17H17N5O/c23-17(12-22-19-15-6-1-2-7-16(15)20-22)21(14-8-9-14)11-13-5-3-4-10-18-13/h1-7,10,14H,8-9,11-12H2. The van der Waals surface area contributed by atoms with Crippen molar-refractivity contribution < 1.29 is 4.79 Å². The maximum Gasteiger partial charge on any atom is 0.246 e. The van der Waals surface area contributed by atoms with Gasteiger partial charge in [-0.3, -0.25) is 9.78 Å². The van der Waals surface area contributed by atoms with Gasteiger partial charge in [0.05, 0.1) is 12.2 Å². The van der Waals surface area contributed by atoms with Crippen LogP contribution in [0.15, 0.2) is 48.7 Å². The van der Waals surface area contributed by atoms with Crippen molar-refractivity contribution in [3.8, 4) is 0 Å². The van der Waals surface area contributed by atoms with E-state index in [-0.39, 0.29) is 12.5 Å². The second kappa shape index (κ2) is 5.79. The fraction of sp³-hybridized carbons (Fsp3) is 0.294. The minimum atomic E-state index is 0.0402. The molecule has 0 unspecified atom stereocenters. The van der Waals surface area contributed by atoms with Gasteiger partial charge >= 0.3 is 0 Å². The highest BCUT2D eigenvalue weighted by Gasteiger charge is 2.33. The fourth-order valence-electron chi connectivity index (χ4n) is 2.66. The predicted octanol–water partition coefficient (Wildman–Crippen LogP) is 2.02. The molecule has 1 aliphatic carbocycles. The van der Waals surface area contributed by atoms with Crippen LogP contribution in [-0.2, 0) is 17.9 Å². The van der Waals surface area contributed by atoms with Crippen molar-refractivity contribution in [2.24, 2.45) is 0 Å². The highest BCUT2D eigenvalue weighted by Crippen LogP contribution is 2.28. The summed E-state index contributed by atoms with van der Waals surface area (Å²) in [5.74, 6) is 0.0402. The third-order valence-corrected chi connectivity index (χ3v) is 3.97. The van der Waals surface area contributed by atoms with Gasteiger partial charge in [0.1, 0.15) is 17.6 Å². The Labute approximate surface area is 133 Å². The molecule has 0 N–H and O–H groups in total. The second-order valence-corrected chi connectivity index (χ2v) is 5.79. The van der Waals surface area contributed by atoms with Crippen LogP contribution in [0.25, 0.3) is 11.0 Å². The topological polar surface area (TPSA) is 63.9 Å². The zero-order valence-corrected chi connectivity index (χ0v) is 12.7. The first-order valence-corrected chi connectivity index (χ1v) is 7.79. The van der Waals surface area contributed by atoms with Crippen LogP contribution in [0.4, 0.5) is 0 Å². The van der Waals surface area contributed by atoms with Crippen molar-refractivity contribution in [3.63, 3.8) is 0 Å². The maximum absolute atomic E-state index is 12.7. The third kappa shape index (κ3) is 3.06. The number of hydrogen-bond acceptors (Lipinski definition) is 4. The molecule has 6 heteroatoms. The minimum absolute atomic E-state index is 0.0402. The second-order valence-electron chi connectivity index (χ2n) is 5.79. The first-order valence-electron chi connectivity index (χ1n) is 7.79. The number of carbonyl (C=O) groups is 1. The largest absolute Gasteiger partial charge is 0.332 e. The molecule has 6 nitrogen and oxygen atoms in total. The van der Waals surface area contributed by atoms with Crippen LogP contribution in [0.2, 0.25) is 0 Å². The van der Waals surface area contributed by atoms with E-state index in [1.54, 1.807) is 6.20 Å². The first-order chi connectivity index (χ1) is 11.3. The van der Waals surface area contributed by atoms with Crippen LogP contribution in [-0.4, -0.2) is 36.8 Å². The molecule has 116 valence electrons. The lowest BCUT2D eigenvalue weighted by Crippen LogP contribution is -2.36. The molecular weight excluding hydrogens is 290 g/mol. The summed E-state index contributed by atoms with van der Waals surface area (Å²) >= 11 is 0. The molecule has 0 radical (unpaired) electrons. The van der Waals surface area contributed by atoms with Gasteiger partial charge in [-0.05, 0) is 37.1 Å². The number of rotatable bonds is 5. The molecule has 1 fully saturated rings. The first kappa shape index (κ1) is 13.9. The van der Waals surface area contributed by atoms with E-state index in [4.69, 9.17) is 0 Å². The van der Waals surface area contributed by atoms with E-state index in [1.807, 2.05) is 47.4 Å². The lowest BCUT2D eigenvalue weighted by atomic mass is 10.3. The van der Waals surface area contributed by atoms with Crippen LogP contribution in [0.5, 0.6) is 0 Å². The summed E-state index contributed by atoms with van der Waals surface area (Å²) in [5, 5.41) is 8.73. The normalized spacial score (nSPS) is 14.1. The van der Waals surface area contributed by atoms with Crippen molar-refractivity contribution >= 4 is 16.9 Å². The number of carbonyl (C=O) groups excluding carboxylic acids is 1. The Balaban J connectivity index is 1.51. The molecule has 2 aromatic heterocycles. The summed E-state index contributed by atoms with van der Waals surface area (Å²) < 4.78 is 0. The van der Waals surface area contributed by atoms with Gasteiger partial charge in [-0.25, -0.2) is 0 Å². The van der Waals surface area contributed by atoms with Crippen LogP contribution in [0.1, 0.15) is 18.5 Å². The summed E-state index contributed by atoms with van der Waals surface area (Å²) in [4.78, 5) is 20.4. The van der Waals surface area contributed by atoms with E-state index >= 15 is 0 Å². The molecule has 0 saturated heterocycles. The van der Waals surface area contributed by atoms with Gasteiger partial charge in [0.2, 0.25) is 5.91 Å². The Morgan fingerprint density at radius 3 is 2.39 bits per heavy atom. The summed E-state index contributed by atoms with van der Waals surface area (Å²) in [6.45, 7) is 0.711. The molecule has 1 aromatic carbocycles. The van der Waals surface area contributed by atoms with Gasteiger partial charge in [0.25, 0.3) is 0 Å². The molecule has 0 spiro atoms. The lowest BCUT2D eigenvalue weighted by molar-refractivity contribution is -0.133. The number of nitrogens with zero attached hydrogens (tertiary/aromatic N) is 5. The predicted molar refractivity (Wildman–Crippen MR) is 85.3 cm³/mol. The van der Waals surface area contributed by atoms with E-state index in [2.05, 4.69) is 15.2 Å². The highest BCUT2D eigenvalue weighted by molar-refractivity contribution is 5.77. The molecular formula is C17H17N5O. The Morgan fingerprint density at radius 1 is 1.09 bits per heavy atom. The quantitative estimate of drug-likeness (QED) is 0.723. The van der Waals surface area contributed by atoms with Crippen molar-refractivity contribution in [1.82, 2.24) is 24.9 Å². The van der Waals surface area contributed by atoms with Gasteiger partial charge in [-0.15, -0.1) is 0 Å². The van der Waals surface area contributed by atoms with E-state index in [1.165, 1.54) is 4.80 Å². The SMILES string of the molecule is O=C(Cn1nc2ccccc2n1)N(Cc1ccccn1)C1CC1. The Bertz CT molecular complexity index is 792. The maximum atomic E-state index is 12.7.